The van der Waals surface area contributed by atoms with E-state index in [1.165, 1.54) is 13.8 Å². The molecule has 1 N–H and O–H groups in total. The molecule has 2 aromatic carbocycles. The number of benzene rings is 2. The van der Waals surface area contributed by atoms with Crippen LogP contribution in [0.25, 0.3) is 22.1 Å². The molecule has 0 saturated carbocycles. The van der Waals surface area contributed by atoms with Crippen LogP contribution in [0.4, 0.5) is 9.59 Å². The van der Waals surface area contributed by atoms with Gasteiger partial charge in [-0.15, -0.1) is 0 Å². The van der Waals surface area contributed by atoms with Crippen molar-refractivity contribution in [1.29, 1.82) is 0 Å². The van der Waals surface area contributed by atoms with Gasteiger partial charge in [-0.05, 0) is 94.8 Å². The lowest BCUT2D eigenvalue weighted by Gasteiger charge is -2.38. The zero-order valence-corrected chi connectivity index (χ0v) is 42.1. The van der Waals surface area contributed by atoms with Crippen LogP contribution in [0.15, 0.2) is 34.1 Å². The van der Waals surface area contributed by atoms with Crippen LogP contribution in [0.3, 0.4) is 0 Å². The Hall–Kier alpha value is -4.79. The molecule has 65 heavy (non-hydrogen) atoms. The normalized spacial score (nSPS) is 16.6. The van der Waals surface area contributed by atoms with Gasteiger partial charge in [0, 0.05) is 58.1 Å². The minimum absolute atomic E-state index is 0.0493. The van der Waals surface area contributed by atoms with Gasteiger partial charge in [-0.1, -0.05) is 27.7 Å². The fourth-order valence-electron chi connectivity index (χ4n) is 7.79. The summed E-state index contributed by atoms with van der Waals surface area (Å²) in [6, 6.07) is 5.80. The van der Waals surface area contributed by atoms with Crippen molar-refractivity contribution in [3.05, 3.63) is 47.0 Å². The molecule has 18 nitrogen and oxygen atoms in total. The Bertz CT molecular complexity index is 2670. The van der Waals surface area contributed by atoms with Crippen molar-refractivity contribution in [3.63, 3.8) is 0 Å². The quantitative estimate of drug-likeness (QED) is 0.111. The Morgan fingerprint density at radius 1 is 0.692 bits per heavy atom. The Balaban J connectivity index is 0.000000264. The fraction of sp³-hybridized carbons (Fsp3) is 0.591. The Labute approximate surface area is 386 Å². The number of aromatic nitrogens is 4. The Morgan fingerprint density at radius 3 is 1.35 bits per heavy atom. The van der Waals surface area contributed by atoms with E-state index >= 15 is 0 Å². The molecule has 2 aliphatic heterocycles. The summed E-state index contributed by atoms with van der Waals surface area (Å²) in [4.78, 5) is 59.2. The maximum absolute atomic E-state index is 12.9. The number of sulfone groups is 2. The number of imidazole rings is 2. The summed E-state index contributed by atoms with van der Waals surface area (Å²) >= 11 is 4.64. The van der Waals surface area contributed by atoms with Gasteiger partial charge in [0.1, 0.15) is 29.5 Å². The van der Waals surface area contributed by atoms with Crippen LogP contribution in [0.2, 0.25) is 0 Å². The minimum atomic E-state index is -3.57. The molecule has 2 aromatic heterocycles. The molecule has 0 bridgehead atoms. The molecule has 2 aliphatic rings. The lowest BCUT2D eigenvalue weighted by Crippen LogP contribution is -2.46. The summed E-state index contributed by atoms with van der Waals surface area (Å²) in [6.07, 6.45) is 1.46. The third-order valence-electron chi connectivity index (χ3n) is 10.2. The van der Waals surface area contributed by atoms with E-state index in [1.807, 2.05) is 78.4 Å². The first-order valence-corrected chi connectivity index (χ1v) is 25.3. The molecule has 6 rings (SSSR count). The van der Waals surface area contributed by atoms with Gasteiger partial charge >= 0.3 is 18.2 Å². The van der Waals surface area contributed by atoms with Gasteiger partial charge in [-0.2, -0.15) is 0 Å². The van der Waals surface area contributed by atoms with Crippen molar-refractivity contribution >= 4 is 76.7 Å². The summed E-state index contributed by atoms with van der Waals surface area (Å²) in [6.45, 7) is 22.8. The van der Waals surface area contributed by atoms with Crippen LogP contribution in [0.5, 0.6) is 0 Å². The van der Waals surface area contributed by atoms with E-state index < -0.39 is 49.5 Å². The third kappa shape index (κ3) is 13.0. The van der Waals surface area contributed by atoms with Crippen LogP contribution in [-0.4, -0.2) is 111 Å². The van der Waals surface area contributed by atoms with E-state index in [-0.39, 0.29) is 51.7 Å². The maximum Gasteiger partial charge on any atom is 0.410 e. The summed E-state index contributed by atoms with van der Waals surface area (Å²) in [5.41, 5.74) is 2.02. The van der Waals surface area contributed by atoms with Crippen LogP contribution in [0.1, 0.15) is 118 Å². The summed E-state index contributed by atoms with van der Waals surface area (Å²) in [5, 5.41) is 9.28. The molecule has 4 aromatic rings. The lowest BCUT2D eigenvalue weighted by molar-refractivity contribution is -0.142. The van der Waals surface area contributed by atoms with Crippen molar-refractivity contribution in [1.82, 2.24) is 28.9 Å². The summed E-state index contributed by atoms with van der Waals surface area (Å²) < 4.78 is 69.4. The largest absolute Gasteiger partial charge is 0.461 e. The molecule has 21 heteroatoms. The molecule has 2 amide bonds. The van der Waals surface area contributed by atoms with Gasteiger partial charge in [0.15, 0.2) is 19.7 Å². The van der Waals surface area contributed by atoms with E-state index in [0.29, 0.717) is 71.0 Å². The molecule has 0 aliphatic carbocycles. The van der Waals surface area contributed by atoms with Crippen LogP contribution >= 0.6 is 11.6 Å². The number of esters is 1. The highest BCUT2D eigenvalue weighted by Gasteiger charge is 2.40. The summed E-state index contributed by atoms with van der Waals surface area (Å²) in [7, 11) is -7.07. The number of carbonyl (C=O) groups excluding carboxylic acids is 4. The molecule has 0 unspecified atom stereocenters. The highest BCUT2D eigenvalue weighted by atomic mass is 35.5. The molecule has 0 saturated heterocycles. The maximum atomic E-state index is 12.9. The standard InChI is InChI=1S/C22H31N3O6S.C20H29N3O5S.C2H3ClO/c1-13(2)19-20-23-16-10-15(12-30-14(3)26)18(32(7,28)29)11-17(16)24(20)8-9-25(19)21(27)31-22(4,5)6;1-12(2)17-18-21-14-9-13(11-24)16(29(6,26)27)10-15(14)22(18)7-8-23(17)19(25)28-20(3,4)5;1-2(3)4/h10-11,13,19H,8-9,12H2,1-7H3;9-10,12,17,24H,7-8,11H2,1-6H3;1H3/t19-;17-;/m11./s1. The summed E-state index contributed by atoms with van der Waals surface area (Å²) in [5.74, 6) is 0.998. The number of nitrogens with zero attached hydrogens (tertiary/aromatic N) is 6. The van der Waals surface area contributed by atoms with Crippen LogP contribution in [0, 0.1) is 11.8 Å². The Morgan fingerprint density at radius 2 is 1.05 bits per heavy atom. The number of halogens is 1. The van der Waals surface area contributed by atoms with Crippen molar-refractivity contribution in [2.24, 2.45) is 11.8 Å². The molecule has 4 heterocycles. The van der Waals surface area contributed by atoms with E-state index in [0.717, 1.165) is 12.5 Å². The number of amides is 2. The van der Waals surface area contributed by atoms with E-state index in [2.05, 4.69) is 11.6 Å². The number of hydrogen-bond donors (Lipinski definition) is 1. The molecule has 360 valence electrons. The van der Waals surface area contributed by atoms with Gasteiger partial charge in [0.2, 0.25) is 5.24 Å². The molecule has 2 atom stereocenters. The average molecular weight is 968 g/mol. The number of aliphatic hydroxyl groups is 1. The first-order valence-electron chi connectivity index (χ1n) is 21.1. The van der Waals surface area contributed by atoms with E-state index in [1.54, 1.807) is 34.1 Å². The molecule has 0 fully saturated rings. The number of carbonyl (C=O) groups is 4. The Kier molecular flexibility index (Phi) is 16.2. The van der Waals surface area contributed by atoms with Crippen molar-refractivity contribution in [2.45, 2.75) is 142 Å². The van der Waals surface area contributed by atoms with Crippen molar-refractivity contribution in [3.8, 4) is 0 Å². The van der Waals surface area contributed by atoms with Gasteiger partial charge in [-0.25, -0.2) is 36.4 Å². The topological polar surface area (TPSA) is 227 Å². The zero-order chi connectivity index (χ0) is 49.3. The van der Waals surface area contributed by atoms with Crippen molar-refractivity contribution < 1.29 is 55.3 Å². The number of aliphatic hydroxyl groups excluding tert-OH is 1. The van der Waals surface area contributed by atoms with Crippen LogP contribution in [-0.2, 0) is 69.8 Å². The monoisotopic (exact) mass is 966 g/mol. The van der Waals surface area contributed by atoms with Gasteiger partial charge in [-0.3, -0.25) is 19.4 Å². The predicted molar refractivity (Wildman–Crippen MR) is 245 cm³/mol. The average Bonchev–Trinajstić information content (AvgIpc) is 3.70. The van der Waals surface area contributed by atoms with Gasteiger partial charge < -0.3 is 28.5 Å². The van der Waals surface area contributed by atoms with Gasteiger partial charge in [0.25, 0.3) is 0 Å². The molecular formula is C44H63ClN6O12S2. The highest BCUT2D eigenvalue weighted by molar-refractivity contribution is 7.91. The highest BCUT2D eigenvalue weighted by Crippen LogP contribution is 2.38. The second-order valence-corrected chi connectivity index (χ2v) is 23.3. The lowest BCUT2D eigenvalue weighted by atomic mass is 10.0. The van der Waals surface area contributed by atoms with Gasteiger partial charge in [0.05, 0.1) is 50.5 Å². The predicted octanol–water partition coefficient (Wildman–Crippen LogP) is 7.10. The van der Waals surface area contributed by atoms with Crippen molar-refractivity contribution in [2.75, 3.05) is 25.6 Å². The molecular weight excluding hydrogens is 904 g/mol. The van der Waals surface area contributed by atoms with Crippen LogP contribution < -0.4 is 0 Å². The number of ether oxygens (including phenoxy) is 3. The smallest absolute Gasteiger partial charge is 0.410 e. The molecule has 0 spiro atoms. The first-order chi connectivity index (χ1) is 29.7. The third-order valence-corrected chi connectivity index (χ3v) is 12.5. The SMILES string of the molecule is CC(=O)Cl.CC(=O)OCc1cc2nc3n(c2cc1S(C)(=O)=O)CCN(C(=O)OC(C)(C)C)[C@@H]3C(C)C.CC(C)[C@@H]1c2nc3cc(CO)c(S(C)(=O)=O)cc3n2CCN1C(=O)OC(C)(C)C. The zero-order valence-electron chi connectivity index (χ0n) is 39.7. The first kappa shape index (κ1) is 52.8. The number of fused-ring (bicyclic) bond motifs is 6. The van der Waals surface area contributed by atoms with E-state index in [9.17, 15) is 41.1 Å². The second kappa shape index (κ2) is 20.0. The van der Waals surface area contributed by atoms with E-state index in [4.69, 9.17) is 24.2 Å². The fourth-order valence-corrected chi connectivity index (χ4v) is 9.64. The minimum Gasteiger partial charge on any atom is -0.461 e. The second-order valence-electron chi connectivity index (χ2n) is 18.8. The number of hydrogen-bond acceptors (Lipinski definition) is 14. The molecule has 0 radical (unpaired) electrons. The number of rotatable bonds is 7.